The first-order valence-electron chi connectivity index (χ1n) is 11.0. The molecular formula is C24H36N2S2. The first-order chi connectivity index (χ1) is 13.8. The van der Waals surface area contributed by atoms with Gasteiger partial charge in [0.2, 0.25) is 0 Å². The molecule has 0 fully saturated rings. The highest BCUT2D eigenvalue weighted by Crippen LogP contribution is 2.34. The van der Waals surface area contributed by atoms with Gasteiger partial charge in [0.25, 0.3) is 0 Å². The van der Waals surface area contributed by atoms with Crippen LogP contribution in [-0.4, -0.2) is 11.5 Å². The van der Waals surface area contributed by atoms with Gasteiger partial charge >= 0.3 is 0 Å². The third-order valence-electron chi connectivity index (χ3n) is 4.84. The van der Waals surface area contributed by atoms with Crippen molar-refractivity contribution in [2.75, 3.05) is 11.5 Å². The first-order valence-corrected chi connectivity index (χ1v) is 13.0. The lowest BCUT2D eigenvalue weighted by Crippen LogP contribution is -1.92. The van der Waals surface area contributed by atoms with Crippen LogP contribution in [0.15, 0.2) is 21.9 Å². The number of nitriles is 2. The van der Waals surface area contributed by atoms with Crippen LogP contribution in [0.4, 0.5) is 0 Å². The molecule has 28 heavy (non-hydrogen) atoms. The molecule has 0 atom stereocenters. The van der Waals surface area contributed by atoms with E-state index < -0.39 is 0 Å². The third-order valence-corrected chi connectivity index (χ3v) is 7.25. The van der Waals surface area contributed by atoms with Crippen molar-refractivity contribution < 1.29 is 0 Å². The molecule has 0 unspecified atom stereocenters. The maximum Gasteiger partial charge on any atom is 0.101 e. The van der Waals surface area contributed by atoms with Gasteiger partial charge in [-0.3, -0.25) is 0 Å². The summed E-state index contributed by atoms with van der Waals surface area (Å²) in [6, 6.07) is 8.25. The summed E-state index contributed by atoms with van der Waals surface area (Å²) in [7, 11) is 0. The van der Waals surface area contributed by atoms with Gasteiger partial charge in [-0.15, -0.1) is 23.5 Å². The van der Waals surface area contributed by atoms with Crippen LogP contribution in [-0.2, 0) is 0 Å². The van der Waals surface area contributed by atoms with Crippen molar-refractivity contribution in [3.63, 3.8) is 0 Å². The Morgan fingerprint density at radius 1 is 0.607 bits per heavy atom. The molecule has 0 aliphatic carbocycles. The lowest BCUT2D eigenvalue weighted by atomic mass is 10.1. The van der Waals surface area contributed by atoms with E-state index in [1.807, 2.05) is 35.7 Å². The third kappa shape index (κ3) is 10.4. The second kappa shape index (κ2) is 16.8. The van der Waals surface area contributed by atoms with E-state index in [-0.39, 0.29) is 0 Å². The number of benzene rings is 1. The minimum atomic E-state index is 0.511. The van der Waals surface area contributed by atoms with Gasteiger partial charge in [0.15, 0.2) is 0 Å². The molecule has 4 heteroatoms. The van der Waals surface area contributed by atoms with Crippen LogP contribution < -0.4 is 0 Å². The Balaban J connectivity index is 2.55. The zero-order chi connectivity index (χ0) is 20.5. The van der Waals surface area contributed by atoms with Crippen molar-refractivity contribution >= 4 is 23.5 Å². The van der Waals surface area contributed by atoms with Gasteiger partial charge < -0.3 is 0 Å². The van der Waals surface area contributed by atoms with E-state index in [0.29, 0.717) is 11.1 Å². The highest BCUT2D eigenvalue weighted by molar-refractivity contribution is 8.02. The summed E-state index contributed by atoms with van der Waals surface area (Å²) in [6.45, 7) is 4.50. The maximum atomic E-state index is 9.36. The molecule has 0 saturated carbocycles. The van der Waals surface area contributed by atoms with Crippen LogP contribution in [0.2, 0.25) is 0 Å². The number of unbranched alkanes of at least 4 members (excludes halogenated alkanes) is 10. The molecule has 1 rings (SSSR count). The fourth-order valence-electron chi connectivity index (χ4n) is 3.10. The predicted octanol–water partition coefficient (Wildman–Crippen LogP) is 8.34. The van der Waals surface area contributed by atoms with Crippen molar-refractivity contribution in [1.29, 1.82) is 10.5 Å². The Morgan fingerprint density at radius 3 is 1.32 bits per heavy atom. The summed E-state index contributed by atoms with van der Waals surface area (Å²) in [5.41, 5.74) is 1.02. The van der Waals surface area contributed by atoms with Crippen LogP contribution in [0.5, 0.6) is 0 Å². The van der Waals surface area contributed by atoms with E-state index in [1.54, 1.807) is 0 Å². The minimum absolute atomic E-state index is 0.511. The topological polar surface area (TPSA) is 47.6 Å². The molecule has 0 saturated heterocycles. The second-order valence-electron chi connectivity index (χ2n) is 7.30. The fourth-order valence-corrected chi connectivity index (χ4v) is 5.39. The Kier molecular flexibility index (Phi) is 15.0. The van der Waals surface area contributed by atoms with Crippen LogP contribution in [0, 0.1) is 22.7 Å². The van der Waals surface area contributed by atoms with Gasteiger partial charge in [0, 0.05) is 9.79 Å². The summed E-state index contributed by atoms with van der Waals surface area (Å²) in [4.78, 5) is 2.36. The molecule has 154 valence electrons. The van der Waals surface area contributed by atoms with E-state index in [1.165, 1.54) is 86.8 Å². The van der Waals surface area contributed by atoms with Crippen LogP contribution in [0.1, 0.15) is 102 Å². The monoisotopic (exact) mass is 416 g/mol. The van der Waals surface area contributed by atoms with E-state index >= 15 is 0 Å². The highest BCUT2D eigenvalue weighted by atomic mass is 32.2. The predicted molar refractivity (Wildman–Crippen MR) is 124 cm³/mol. The molecule has 0 heterocycles. The van der Waals surface area contributed by atoms with Gasteiger partial charge in [-0.25, -0.2) is 0 Å². The maximum absolute atomic E-state index is 9.36. The lowest BCUT2D eigenvalue weighted by Gasteiger charge is -2.11. The fraction of sp³-hybridized carbons (Fsp3) is 0.667. The number of rotatable bonds is 16. The normalized spacial score (nSPS) is 10.6. The summed E-state index contributed by atoms with van der Waals surface area (Å²) in [6.07, 6.45) is 15.6. The molecule has 1 aromatic rings. The Morgan fingerprint density at radius 2 is 0.964 bits per heavy atom. The van der Waals surface area contributed by atoms with Crippen LogP contribution in [0.25, 0.3) is 0 Å². The van der Waals surface area contributed by atoms with E-state index in [2.05, 4.69) is 26.0 Å². The zero-order valence-corrected chi connectivity index (χ0v) is 19.4. The zero-order valence-electron chi connectivity index (χ0n) is 17.8. The number of thioether (sulfide) groups is 2. The lowest BCUT2D eigenvalue weighted by molar-refractivity contribution is 0.626. The molecule has 0 aliphatic heterocycles. The van der Waals surface area contributed by atoms with Crippen LogP contribution in [0.3, 0.4) is 0 Å². The van der Waals surface area contributed by atoms with Crippen molar-refractivity contribution in [3.05, 3.63) is 23.3 Å². The highest BCUT2D eigenvalue weighted by Gasteiger charge is 2.11. The molecule has 0 aliphatic rings. The average molecular weight is 417 g/mol. The Bertz CT molecular complexity index is 574. The van der Waals surface area contributed by atoms with Gasteiger partial charge in [-0.05, 0) is 36.5 Å². The molecular weight excluding hydrogens is 380 g/mol. The van der Waals surface area contributed by atoms with Crippen molar-refractivity contribution in [2.24, 2.45) is 0 Å². The largest absolute Gasteiger partial charge is 0.192 e. The van der Waals surface area contributed by atoms with Gasteiger partial charge in [0.05, 0.1) is 11.1 Å². The number of hydrogen-bond acceptors (Lipinski definition) is 4. The van der Waals surface area contributed by atoms with Crippen molar-refractivity contribution in [1.82, 2.24) is 0 Å². The summed E-state index contributed by atoms with van der Waals surface area (Å²) in [5, 5.41) is 18.7. The van der Waals surface area contributed by atoms with E-state index in [9.17, 15) is 10.5 Å². The summed E-state index contributed by atoms with van der Waals surface area (Å²) in [5.74, 6) is 2.18. The van der Waals surface area contributed by atoms with Crippen molar-refractivity contribution in [2.45, 2.75) is 101 Å². The average Bonchev–Trinajstić information content (AvgIpc) is 2.72. The molecule has 0 N–H and O–H groups in total. The quantitative estimate of drug-likeness (QED) is 0.201. The van der Waals surface area contributed by atoms with Crippen LogP contribution >= 0.6 is 23.5 Å². The van der Waals surface area contributed by atoms with Crippen molar-refractivity contribution in [3.8, 4) is 12.1 Å². The smallest absolute Gasteiger partial charge is 0.101 e. The molecule has 0 spiro atoms. The SMILES string of the molecule is CCCCCCCCSc1cc(C#N)c(C#N)cc1SCCCCCCCC. The first kappa shape index (κ1) is 24.9. The van der Waals surface area contributed by atoms with Gasteiger partial charge in [-0.2, -0.15) is 10.5 Å². The number of hydrogen-bond donors (Lipinski definition) is 0. The summed E-state index contributed by atoms with van der Waals surface area (Å²) < 4.78 is 0. The van der Waals surface area contributed by atoms with Gasteiger partial charge in [-0.1, -0.05) is 78.1 Å². The van der Waals surface area contributed by atoms with Gasteiger partial charge in [0.1, 0.15) is 12.1 Å². The minimum Gasteiger partial charge on any atom is -0.192 e. The van der Waals surface area contributed by atoms with E-state index in [4.69, 9.17) is 0 Å². The molecule has 0 radical (unpaired) electrons. The molecule has 2 nitrogen and oxygen atoms in total. The Labute approximate surface area is 181 Å². The summed E-state index contributed by atoms with van der Waals surface area (Å²) >= 11 is 3.71. The molecule has 0 aromatic heterocycles. The molecule has 0 bridgehead atoms. The molecule has 1 aromatic carbocycles. The Hall–Kier alpha value is -1.10. The number of nitrogens with zero attached hydrogens (tertiary/aromatic N) is 2. The molecule has 0 amide bonds. The van der Waals surface area contributed by atoms with E-state index in [0.717, 1.165) is 11.5 Å². The second-order valence-corrected chi connectivity index (χ2v) is 9.57. The standard InChI is InChI=1S/C24H36N2S2/c1-3-5-7-9-11-13-15-27-23-17-21(19-25)22(20-26)18-24(23)28-16-14-12-10-8-6-4-2/h17-18H,3-16H2,1-2H3.